The molecular weight excluding hydrogens is 354 g/mol. The van der Waals surface area contributed by atoms with Crippen LogP contribution in [0, 0.1) is 0 Å². The second-order valence-electron chi connectivity index (χ2n) is 5.02. The van der Waals surface area contributed by atoms with Gasteiger partial charge in [0.05, 0.1) is 6.61 Å². The Morgan fingerprint density at radius 3 is 2.48 bits per heavy atom. The number of rotatable bonds is 8. The molecule has 1 N–H and O–H groups in total. The molecule has 21 heavy (non-hydrogen) atoms. The van der Waals surface area contributed by atoms with Crippen LogP contribution in [0.1, 0.15) is 25.0 Å². The van der Waals surface area contributed by atoms with Crippen molar-refractivity contribution >= 4 is 15.9 Å². The molecule has 0 aliphatic carbocycles. The van der Waals surface area contributed by atoms with E-state index in [1.165, 1.54) is 0 Å². The highest BCUT2D eigenvalue weighted by Gasteiger charge is 2.40. The minimum absolute atomic E-state index is 0.152. The first kappa shape index (κ1) is 18.4. The molecule has 1 aromatic carbocycles. The van der Waals surface area contributed by atoms with Crippen LogP contribution < -0.4 is 5.32 Å². The summed E-state index contributed by atoms with van der Waals surface area (Å²) >= 11 is 3.32. The van der Waals surface area contributed by atoms with E-state index in [2.05, 4.69) is 26.0 Å². The summed E-state index contributed by atoms with van der Waals surface area (Å²) in [7, 11) is 0. The third-order valence-corrected chi connectivity index (χ3v) is 3.44. The topological polar surface area (TPSA) is 21.3 Å². The SMILES string of the molecule is CC(C)NCc1ccc(COCC(F)(F)C(F)F)c(Br)c1. The molecule has 120 valence electrons. The molecule has 7 heteroatoms. The van der Waals surface area contributed by atoms with Crippen LogP contribution in [0.2, 0.25) is 0 Å². The van der Waals surface area contributed by atoms with E-state index in [-0.39, 0.29) is 6.61 Å². The van der Waals surface area contributed by atoms with E-state index in [9.17, 15) is 17.6 Å². The molecular formula is C14H18BrF4NO. The third kappa shape index (κ3) is 6.32. The maximum Gasteiger partial charge on any atom is 0.330 e. The van der Waals surface area contributed by atoms with E-state index in [0.29, 0.717) is 22.6 Å². The fraction of sp³-hybridized carbons (Fsp3) is 0.571. The van der Waals surface area contributed by atoms with Crippen LogP contribution >= 0.6 is 15.9 Å². The molecule has 0 fully saturated rings. The molecule has 0 unspecified atom stereocenters. The highest BCUT2D eigenvalue weighted by Crippen LogP contribution is 2.25. The van der Waals surface area contributed by atoms with Gasteiger partial charge in [-0.1, -0.05) is 41.9 Å². The van der Waals surface area contributed by atoms with Crippen LogP contribution in [0.5, 0.6) is 0 Å². The lowest BCUT2D eigenvalue weighted by Gasteiger charge is -2.16. The number of halogens is 5. The van der Waals surface area contributed by atoms with Gasteiger partial charge in [-0.15, -0.1) is 0 Å². The van der Waals surface area contributed by atoms with Gasteiger partial charge in [-0.3, -0.25) is 0 Å². The van der Waals surface area contributed by atoms with Crippen molar-refractivity contribution in [2.75, 3.05) is 6.61 Å². The first-order chi connectivity index (χ1) is 9.72. The van der Waals surface area contributed by atoms with Gasteiger partial charge in [-0.2, -0.15) is 8.78 Å². The third-order valence-electron chi connectivity index (χ3n) is 2.70. The Balaban J connectivity index is 2.53. The standard InChI is InChI=1S/C14H18BrF4NO/c1-9(2)20-6-10-3-4-11(12(15)5-10)7-21-8-14(18,19)13(16)17/h3-5,9,13,20H,6-8H2,1-2H3. The van der Waals surface area contributed by atoms with Gasteiger partial charge in [0.2, 0.25) is 0 Å². The molecule has 0 saturated heterocycles. The second kappa shape index (κ2) is 8.10. The molecule has 0 aromatic heterocycles. The maximum absolute atomic E-state index is 12.7. The monoisotopic (exact) mass is 371 g/mol. The van der Waals surface area contributed by atoms with E-state index < -0.39 is 19.0 Å². The smallest absolute Gasteiger partial charge is 0.330 e. The van der Waals surface area contributed by atoms with Crippen LogP contribution in [-0.2, 0) is 17.9 Å². The average molecular weight is 372 g/mol. The largest absolute Gasteiger partial charge is 0.370 e. The van der Waals surface area contributed by atoms with Crippen molar-refractivity contribution in [2.45, 2.75) is 45.4 Å². The number of nitrogens with one attached hydrogen (secondary N) is 1. The summed E-state index contributed by atoms with van der Waals surface area (Å²) in [5.41, 5.74) is 1.66. The molecule has 0 heterocycles. The zero-order valence-corrected chi connectivity index (χ0v) is 13.4. The van der Waals surface area contributed by atoms with Crippen molar-refractivity contribution in [1.29, 1.82) is 0 Å². The van der Waals surface area contributed by atoms with Gasteiger partial charge in [0.25, 0.3) is 0 Å². The summed E-state index contributed by atoms with van der Waals surface area (Å²) in [6.07, 6.45) is -3.72. The van der Waals surface area contributed by atoms with Crippen LogP contribution in [0.15, 0.2) is 22.7 Å². The molecule has 0 radical (unpaired) electrons. The van der Waals surface area contributed by atoms with Crippen LogP contribution in [0.4, 0.5) is 17.6 Å². The van der Waals surface area contributed by atoms with Crippen molar-refractivity contribution in [3.05, 3.63) is 33.8 Å². The van der Waals surface area contributed by atoms with Crippen molar-refractivity contribution in [3.8, 4) is 0 Å². The molecule has 0 saturated carbocycles. The first-order valence-corrected chi connectivity index (χ1v) is 7.26. The van der Waals surface area contributed by atoms with E-state index in [1.807, 2.05) is 26.0 Å². The van der Waals surface area contributed by atoms with Gasteiger partial charge in [-0.25, -0.2) is 8.78 Å². The van der Waals surface area contributed by atoms with Crippen molar-refractivity contribution < 1.29 is 22.3 Å². The van der Waals surface area contributed by atoms with Gasteiger partial charge >= 0.3 is 12.3 Å². The highest BCUT2D eigenvalue weighted by atomic mass is 79.9. The van der Waals surface area contributed by atoms with E-state index in [1.54, 1.807) is 6.07 Å². The summed E-state index contributed by atoms with van der Waals surface area (Å²) in [6.45, 7) is 3.29. The number of hydrogen-bond acceptors (Lipinski definition) is 2. The Morgan fingerprint density at radius 2 is 1.95 bits per heavy atom. The Kier molecular flexibility index (Phi) is 7.09. The summed E-state index contributed by atoms with van der Waals surface area (Å²) in [5.74, 6) is -4.12. The van der Waals surface area contributed by atoms with E-state index in [4.69, 9.17) is 0 Å². The average Bonchev–Trinajstić information content (AvgIpc) is 2.38. The van der Waals surface area contributed by atoms with Crippen LogP contribution in [0.25, 0.3) is 0 Å². The lowest BCUT2D eigenvalue weighted by atomic mass is 10.1. The Hall–Kier alpha value is -0.660. The summed E-state index contributed by atoms with van der Waals surface area (Å²) in [5, 5.41) is 3.25. The molecule has 0 atom stereocenters. The molecule has 0 aliphatic heterocycles. The van der Waals surface area contributed by atoms with Crippen molar-refractivity contribution in [3.63, 3.8) is 0 Å². The molecule has 2 nitrogen and oxygen atoms in total. The number of ether oxygens (including phenoxy) is 1. The Bertz CT molecular complexity index is 455. The van der Waals surface area contributed by atoms with Gasteiger partial charge < -0.3 is 10.1 Å². The molecule has 0 bridgehead atoms. The Labute approximate surface area is 130 Å². The lowest BCUT2D eigenvalue weighted by Crippen LogP contribution is -2.32. The number of alkyl halides is 4. The van der Waals surface area contributed by atoms with Gasteiger partial charge in [0.1, 0.15) is 6.61 Å². The van der Waals surface area contributed by atoms with Crippen molar-refractivity contribution in [1.82, 2.24) is 5.32 Å². The normalized spacial score (nSPS) is 12.4. The zero-order chi connectivity index (χ0) is 16.0. The zero-order valence-electron chi connectivity index (χ0n) is 11.8. The maximum atomic E-state index is 12.7. The predicted octanol–water partition coefficient (Wildman–Crippen LogP) is 4.36. The second-order valence-corrected chi connectivity index (χ2v) is 5.87. The predicted molar refractivity (Wildman–Crippen MR) is 76.7 cm³/mol. The minimum atomic E-state index is -4.12. The van der Waals surface area contributed by atoms with Gasteiger partial charge in [0, 0.05) is 17.1 Å². The molecule has 0 spiro atoms. The van der Waals surface area contributed by atoms with Crippen molar-refractivity contribution in [2.24, 2.45) is 0 Å². The van der Waals surface area contributed by atoms with Gasteiger partial charge in [-0.05, 0) is 17.2 Å². The molecule has 1 aromatic rings. The molecule has 1 rings (SSSR count). The highest BCUT2D eigenvalue weighted by molar-refractivity contribution is 9.10. The van der Waals surface area contributed by atoms with Crippen LogP contribution in [-0.4, -0.2) is 25.0 Å². The quantitative estimate of drug-likeness (QED) is 0.685. The molecule has 0 aliphatic rings. The fourth-order valence-corrected chi connectivity index (χ4v) is 2.04. The fourth-order valence-electron chi connectivity index (χ4n) is 1.50. The number of benzene rings is 1. The minimum Gasteiger partial charge on any atom is -0.370 e. The van der Waals surface area contributed by atoms with Crippen LogP contribution in [0.3, 0.4) is 0 Å². The summed E-state index contributed by atoms with van der Waals surface area (Å²) in [4.78, 5) is 0. The van der Waals surface area contributed by atoms with E-state index >= 15 is 0 Å². The van der Waals surface area contributed by atoms with Gasteiger partial charge in [0.15, 0.2) is 0 Å². The Morgan fingerprint density at radius 1 is 1.29 bits per heavy atom. The first-order valence-electron chi connectivity index (χ1n) is 6.47. The summed E-state index contributed by atoms with van der Waals surface area (Å²) in [6, 6.07) is 5.76. The van der Waals surface area contributed by atoms with E-state index in [0.717, 1.165) is 5.56 Å². The molecule has 0 amide bonds. The number of hydrogen-bond donors (Lipinski definition) is 1. The summed E-state index contributed by atoms with van der Waals surface area (Å²) < 4.78 is 54.7. The lowest BCUT2D eigenvalue weighted by molar-refractivity contribution is -0.168.